The Kier molecular flexibility index (Phi) is 9.54. The summed E-state index contributed by atoms with van der Waals surface area (Å²) in [6.07, 6.45) is -0.865. The largest absolute Gasteiger partial charge is 0.509 e. The van der Waals surface area contributed by atoms with Crippen LogP contribution in [0.5, 0.6) is 0 Å². The minimum absolute atomic E-state index is 0.0251. The molecule has 3 fully saturated rings. The van der Waals surface area contributed by atoms with E-state index in [0.717, 1.165) is 6.42 Å². The number of esters is 1. The minimum atomic E-state index is -1.96. The summed E-state index contributed by atoms with van der Waals surface area (Å²) in [5.41, 5.74) is -1.17. The lowest BCUT2D eigenvalue weighted by molar-refractivity contribution is -0.248. The lowest BCUT2D eigenvalue weighted by Crippen LogP contribution is -2.53. The van der Waals surface area contributed by atoms with Crippen molar-refractivity contribution in [2.75, 3.05) is 20.2 Å². The fraction of sp³-hybridized carbons (Fsp3) is 0.926. The van der Waals surface area contributed by atoms with Crippen LogP contribution < -0.4 is 0 Å². The highest BCUT2D eigenvalue weighted by Crippen LogP contribution is 2.36. The van der Waals surface area contributed by atoms with E-state index in [9.17, 15) is 19.8 Å². The zero-order chi connectivity index (χ0) is 27.7. The van der Waals surface area contributed by atoms with Gasteiger partial charge in [0.15, 0.2) is 23.8 Å². The zero-order valence-corrected chi connectivity index (χ0v) is 23.6. The Morgan fingerprint density at radius 2 is 1.68 bits per heavy atom. The van der Waals surface area contributed by atoms with Crippen LogP contribution in [0.4, 0.5) is 4.79 Å². The van der Waals surface area contributed by atoms with Gasteiger partial charge in [0.05, 0.1) is 18.1 Å². The van der Waals surface area contributed by atoms with Crippen molar-refractivity contribution in [1.82, 2.24) is 4.90 Å². The predicted molar refractivity (Wildman–Crippen MR) is 134 cm³/mol. The monoisotopic (exact) mass is 529 g/mol. The van der Waals surface area contributed by atoms with Gasteiger partial charge in [0.25, 0.3) is 0 Å². The summed E-state index contributed by atoms with van der Waals surface area (Å²) in [6, 6.07) is -0.269. The molecule has 0 amide bonds. The van der Waals surface area contributed by atoms with E-state index < -0.39 is 53.8 Å². The first-order valence-electron chi connectivity index (χ1n) is 13.6. The van der Waals surface area contributed by atoms with Crippen LogP contribution in [0.1, 0.15) is 74.1 Å². The molecule has 0 aromatic heterocycles. The van der Waals surface area contributed by atoms with Gasteiger partial charge < -0.3 is 33.9 Å². The van der Waals surface area contributed by atoms with Crippen molar-refractivity contribution in [2.24, 2.45) is 23.7 Å². The molecule has 0 saturated carbocycles. The zero-order valence-electron chi connectivity index (χ0n) is 23.6. The molecule has 214 valence electrons. The van der Waals surface area contributed by atoms with Crippen LogP contribution in [0.25, 0.3) is 0 Å². The molecule has 3 aliphatic heterocycles. The number of ether oxygens (including phenoxy) is 5. The predicted octanol–water partition coefficient (Wildman–Crippen LogP) is 3.07. The number of aliphatic hydroxyl groups is 2. The molecular weight excluding hydrogens is 482 g/mol. The second-order valence-corrected chi connectivity index (χ2v) is 12.3. The van der Waals surface area contributed by atoms with Gasteiger partial charge in [0.2, 0.25) is 0 Å². The molecule has 0 aromatic rings. The van der Waals surface area contributed by atoms with Gasteiger partial charge in [-0.25, -0.2) is 4.79 Å². The lowest BCUT2D eigenvalue weighted by atomic mass is 9.85. The molecule has 0 unspecified atom stereocenters. The van der Waals surface area contributed by atoms with Gasteiger partial charge in [-0.05, 0) is 58.9 Å². The summed E-state index contributed by atoms with van der Waals surface area (Å²) >= 11 is 0. The van der Waals surface area contributed by atoms with Crippen LogP contribution in [0, 0.1) is 23.7 Å². The Hall–Kier alpha value is -1.46. The maximum atomic E-state index is 13.3. The van der Waals surface area contributed by atoms with Crippen LogP contribution in [0.15, 0.2) is 0 Å². The van der Waals surface area contributed by atoms with Gasteiger partial charge in [0, 0.05) is 31.8 Å². The summed E-state index contributed by atoms with van der Waals surface area (Å²) in [4.78, 5) is 27.4. The molecule has 37 heavy (non-hydrogen) atoms. The summed E-state index contributed by atoms with van der Waals surface area (Å²) in [5.74, 6) is -3.29. The Morgan fingerprint density at radius 3 is 2.32 bits per heavy atom. The minimum Gasteiger partial charge on any atom is -0.461 e. The number of hydrogen-bond donors (Lipinski definition) is 2. The van der Waals surface area contributed by atoms with Crippen LogP contribution in [0.2, 0.25) is 0 Å². The van der Waals surface area contributed by atoms with Crippen molar-refractivity contribution >= 4 is 12.1 Å². The number of nitrogens with zero attached hydrogens (tertiary/aromatic N) is 1. The second kappa shape index (κ2) is 11.7. The van der Waals surface area contributed by atoms with E-state index in [1.807, 2.05) is 39.6 Å². The summed E-state index contributed by atoms with van der Waals surface area (Å²) < 4.78 is 29.1. The Labute approximate surface area is 220 Å². The van der Waals surface area contributed by atoms with Crippen molar-refractivity contribution < 1.29 is 43.5 Å². The highest BCUT2D eigenvalue weighted by atomic mass is 16.8. The first-order valence-corrected chi connectivity index (χ1v) is 13.6. The fourth-order valence-electron chi connectivity index (χ4n) is 6.30. The molecule has 0 aliphatic carbocycles. The lowest BCUT2D eigenvalue weighted by Gasteiger charge is -2.39. The molecule has 0 bridgehead atoms. The number of carbonyl (C=O) groups is 2. The Bertz CT molecular complexity index is 797. The molecule has 2 N–H and O–H groups in total. The van der Waals surface area contributed by atoms with E-state index in [4.69, 9.17) is 23.7 Å². The Morgan fingerprint density at radius 1 is 1.00 bits per heavy atom. The molecule has 3 heterocycles. The molecule has 10 atom stereocenters. The summed E-state index contributed by atoms with van der Waals surface area (Å²) in [7, 11) is 1.88. The number of hydrogen-bond acceptors (Lipinski definition) is 10. The molecule has 3 saturated heterocycles. The molecule has 10 nitrogen and oxygen atoms in total. The average molecular weight is 530 g/mol. The molecule has 0 radical (unpaired) electrons. The number of fused-ring (bicyclic) bond motifs is 1. The van der Waals surface area contributed by atoms with Crippen LogP contribution in [-0.4, -0.2) is 89.5 Å². The van der Waals surface area contributed by atoms with Crippen molar-refractivity contribution in [3.05, 3.63) is 0 Å². The van der Waals surface area contributed by atoms with Crippen LogP contribution >= 0.6 is 0 Å². The standard InChI is InChI=1S/C27H47NO9/c1-15-9-18(4)34-21(10-15)35-22-17(3)12-27(31,32)11-16(2)13-28(8)20(6)23-26(7,37-25(30)36-23)14-33-24(29)19(22)5/h15-23,31-32H,9-14H2,1-8H3/t15-,16-,17-,18+,19-,20-,21+,22+,23-,26-/m1/s1. The van der Waals surface area contributed by atoms with Gasteiger partial charge in [-0.1, -0.05) is 20.8 Å². The molecule has 0 spiro atoms. The molecule has 0 aromatic carbocycles. The SMILES string of the molecule is C[C@H]1C[C@H](O[C@H]2[C@H](C)CC(O)(O)C[C@@H](C)CN(C)[C@H](C)[C@H]3OC(=O)O[C@]3(C)COC(=O)[C@@H]2C)O[C@@H](C)C1. The van der Waals surface area contributed by atoms with E-state index in [1.54, 1.807) is 13.8 Å². The van der Waals surface area contributed by atoms with E-state index in [2.05, 4.69) is 6.92 Å². The second-order valence-electron chi connectivity index (χ2n) is 12.3. The fourth-order valence-corrected chi connectivity index (χ4v) is 6.30. The topological polar surface area (TPSA) is 124 Å². The number of likely N-dealkylation sites (N-methyl/N-ethyl adjacent to an activating group) is 1. The van der Waals surface area contributed by atoms with E-state index in [-0.39, 0.29) is 37.5 Å². The van der Waals surface area contributed by atoms with Crippen molar-refractivity contribution in [1.29, 1.82) is 0 Å². The first kappa shape index (κ1) is 30.1. The average Bonchev–Trinajstić information content (AvgIpc) is 3.06. The maximum Gasteiger partial charge on any atom is 0.509 e. The third-order valence-corrected chi connectivity index (χ3v) is 8.15. The van der Waals surface area contributed by atoms with Crippen molar-refractivity contribution in [2.45, 2.75) is 116 Å². The van der Waals surface area contributed by atoms with E-state index in [0.29, 0.717) is 18.9 Å². The highest BCUT2D eigenvalue weighted by molar-refractivity contribution is 5.73. The first-order chi connectivity index (χ1) is 17.1. The van der Waals surface area contributed by atoms with Crippen molar-refractivity contribution in [3.8, 4) is 0 Å². The van der Waals surface area contributed by atoms with Gasteiger partial charge >= 0.3 is 12.1 Å². The van der Waals surface area contributed by atoms with Crippen LogP contribution in [-0.2, 0) is 28.5 Å². The number of cyclic esters (lactones) is 1. The smallest absolute Gasteiger partial charge is 0.461 e. The maximum absolute atomic E-state index is 13.3. The quantitative estimate of drug-likeness (QED) is 0.407. The number of rotatable bonds is 2. The van der Waals surface area contributed by atoms with Crippen LogP contribution in [0.3, 0.4) is 0 Å². The van der Waals surface area contributed by atoms with Gasteiger partial charge in [-0.3, -0.25) is 9.69 Å². The summed E-state index contributed by atoms with van der Waals surface area (Å²) in [5, 5.41) is 21.9. The van der Waals surface area contributed by atoms with E-state index >= 15 is 0 Å². The van der Waals surface area contributed by atoms with Gasteiger partial charge in [0.1, 0.15) is 6.61 Å². The van der Waals surface area contributed by atoms with Gasteiger partial charge in [-0.15, -0.1) is 0 Å². The molecule has 3 aliphatic rings. The highest BCUT2D eigenvalue weighted by Gasteiger charge is 2.53. The van der Waals surface area contributed by atoms with Gasteiger partial charge in [-0.2, -0.15) is 0 Å². The van der Waals surface area contributed by atoms with Crippen molar-refractivity contribution in [3.63, 3.8) is 0 Å². The molecule has 10 heteroatoms. The normalized spacial score (nSPS) is 44.5. The van der Waals surface area contributed by atoms with E-state index in [1.165, 1.54) is 0 Å². The number of carbonyl (C=O) groups excluding carboxylic acids is 2. The molecule has 3 rings (SSSR count). The Balaban J connectivity index is 1.89. The summed E-state index contributed by atoms with van der Waals surface area (Å²) in [6.45, 7) is 13.6. The third kappa shape index (κ3) is 7.56. The molecular formula is C27H47NO9. The third-order valence-electron chi connectivity index (χ3n) is 8.15.